The van der Waals surface area contributed by atoms with Crippen LogP contribution in [0.3, 0.4) is 0 Å². The number of hydrogen-bond acceptors (Lipinski definition) is 7. The van der Waals surface area contributed by atoms with Crippen LogP contribution in [0.4, 0.5) is 9.52 Å². The van der Waals surface area contributed by atoms with E-state index in [-0.39, 0.29) is 52.8 Å². The molecule has 2 saturated carbocycles. The van der Waals surface area contributed by atoms with E-state index in [2.05, 4.69) is 37.2 Å². The Morgan fingerprint density at radius 1 is 1.12 bits per heavy atom. The molecule has 3 aromatic heterocycles. The van der Waals surface area contributed by atoms with Crippen LogP contribution in [0.5, 0.6) is 0 Å². The number of anilines is 1. The number of pyridine rings is 1. The average molecular weight is 755 g/mol. The zero-order valence-electron chi connectivity index (χ0n) is 29.0. The number of likely N-dealkylation sites (tertiary alicyclic amines) is 1. The van der Waals surface area contributed by atoms with Gasteiger partial charge in [0.15, 0.2) is 10.9 Å². The Kier molecular flexibility index (Phi) is 7.67. The molecule has 5 aromatic rings. The molecule has 6 fully saturated rings. The molecule has 0 radical (unpaired) electrons. The summed E-state index contributed by atoms with van der Waals surface area (Å²) in [5.74, 6) is 0.570. The van der Waals surface area contributed by atoms with Crippen molar-refractivity contribution in [2.24, 2.45) is 17.8 Å². The number of hydrogen-bond donors (Lipinski definition) is 1. The van der Waals surface area contributed by atoms with Gasteiger partial charge in [0.1, 0.15) is 5.52 Å². The fourth-order valence-corrected chi connectivity index (χ4v) is 11.2. The smallest absolute Gasteiger partial charge is 0.226 e. The van der Waals surface area contributed by atoms with Crippen molar-refractivity contribution < 1.29 is 9.18 Å². The van der Waals surface area contributed by atoms with Crippen LogP contribution in [0.25, 0.3) is 32.9 Å². The highest BCUT2D eigenvalue weighted by Gasteiger charge is 2.55. The minimum absolute atomic E-state index is 0.0922. The number of fused-ring (bicyclic) bond motifs is 6. The monoisotopic (exact) mass is 753 g/mol. The lowest BCUT2D eigenvalue weighted by Gasteiger charge is -2.40. The number of carbonyl (C=O) groups is 1. The number of piperidine rings is 1. The molecule has 4 bridgehead atoms. The normalized spacial score (nSPS) is 26.4. The van der Waals surface area contributed by atoms with Crippen molar-refractivity contribution in [2.75, 3.05) is 24.5 Å². The third kappa shape index (κ3) is 4.88. The van der Waals surface area contributed by atoms with E-state index in [1.54, 1.807) is 29.5 Å². The molecule has 6 aliphatic rings. The average Bonchev–Trinajstić information content (AvgIpc) is 3.47. The first-order valence-electron chi connectivity index (χ1n) is 18.4. The van der Waals surface area contributed by atoms with Gasteiger partial charge in [0.25, 0.3) is 0 Å². The quantitative estimate of drug-likeness (QED) is 0.179. The molecule has 4 aliphatic heterocycles. The van der Waals surface area contributed by atoms with E-state index in [1.165, 1.54) is 0 Å². The number of aryl methyl sites for hydroxylation is 3. The fraction of sp³-hybridized carbons (Fsp3) is 0.450. The van der Waals surface area contributed by atoms with Crippen molar-refractivity contribution in [2.45, 2.75) is 76.5 Å². The number of thiazole rings is 1. The molecule has 1 N–H and O–H groups in total. The van der Waals surface area contributed by atoms with Gasteiger partial charge in [-0.2, -0.15) is 5.26 Å². The van der Waals surface area contributed by atoms with E-state index in [9.17, 15) is 10.1 Å². The maximum absolute atomic E-state index is 17.3. The largest absolute Gasteiger partial charge is 0.346 e. The number of carbonyl (C=O) groups excluding carboxylic acids is 1. The third-order valence-corrected chi connectivity index (χ3v) is 14.2. The molecule has 8 nitrogen and oxygen atoms in total. The number of amides is 1. The Hall–Kier alpha value is -3.75. The molecule has 12 heteroatoms. The van der Waals surface area contributed by atoms with E-state index in [4.69, 9.17) is 33.2 Å². The van der Waals surface area contributed by atoms with Gasteiger partial charge in [-0.15, -0.1) is 11.3 Å². The molecule has 6 unspecified atom stereocenters. The first kappa shape index (κ1) is 32.9. The van der Waals surface area contributed by atoms with Crippen molar-refractivity contribution >= 4 is 67.4 Å². The predicted octanol–water partition coefficient (Wildman–Crippen LogP) is 8.55. The number of rotatable bonds is 7. The second kappa shape index (κ2) is 12.1. The van der Waals surface area contributed by atoms with Crippen LogP contribution >= 0.6 is 34.5 Å². The summed E-state index contributed by atoms with van der Waals surface area (Å²) >= 11 is 14.8. The van der Waals surface area contributed by atoms with Crippen molar-refractivity contribution in [1.29, 1.82) is 5.26 Å². The Labute approximate surface area is 315 Å². The number of nitrogens with one attached hydrogen (secondary N) is 1. The summed E-state index contributed by atoms with van der Waals surface area (Å²) in [7, 11) is 0. The maximum atomic E-state index is 17.3. The molecule has 2 aliphatic carbocycles. The van der Waals surface area contributed by atoms with Gasteiger partial charge in [-0.1, -0.05) is 35.3 Å². The molecule has 1 amide bonds. The van der Waals surface area contributed by atoms with E-state index in [1.807, 2.05) is 19.9 Å². The van der Waals surface area contributed by atoms with Gasteiger partial charge < -0.3 is 19.7 Å². The minimum Gasteiger partial charge on any atom is -0.346 e. The number of nitrogens with zero attached hydrogens (tertiary/aromatic N) is 6. The molecule has 11 rings (SSSR count). The zero-order valence-corrected chi connectivity index (χ0v) is 31.3. The molecule has 0 spiro atoms. The summed E-state index contributed by atoms with van der Waals surface area (Å²) in [6.45, 7) is 6.54. The molecular weight excluding hydrogens is 716 g/mol. The lowest BCUT2D eigenvalue weighted by atomic mass is 9.79. The van der Waals surface area contributed by atoms with Gasteiger partial charge in [-0.3, -0.25) is 4.79 Å². The van der Waals surface area contributed by atoms with Crippen molar-refractivity contribution in [3.05, 3.63) is 74.2 Å². The van der Waals surface area contributed by atoms with Gasteiger partial charge in [0, 0.05) is 82.6 Å². The highest BCUT2D eigenvalue weighted by atomic mass is 35.5. The number of aromatic nitrogens is 3. The molecule has 6 atom stereocenters. The van der Waals surface area contributed by atoms with Gasteiger partial charge in [-0.05, 0) is 75.6 Å². The first-order valence-corrected chi connectivity index (χ1v) is 20.1. The first-order chi connectivity index (χ1) is 25.2. The van der Waals surface area contributed by atoms with Gasteiger partial charge in [0.2, 0.25) is 5.91 Å². The van der Waals surface area contributed by atoms with Gasteiger partial charge >= 0.3 is 0 Å². The van der Waals surface area contributed by atoms with E-state index >= 15 is 4.39 Å². The van der Waals surface area contributed by atoms with E-state index < -0.39 is 5.82 Å². The summed E-state index contributed by atoms with van der Waals surface area (Å²) in [5.41, 5.74) is 5.68. The Morgan fingerprint density at radius 3 is 2.67 bits per heavy atom. The topological polar surface area (TPSA) is 90.1 Å². The second-order valence-corrected chi connectivity index (χ2v) is 17.2. The standard InChI is InChI=1S/C40H38Cl2FN7OS/c1-19-18-52-40(46-19)48-16-24-11-25(17-48)49(39(51)21-8-9-21)37(24)31-14-27-20(2)47-35-28(38(27)50(31)36-23-13-30(36)45-15-23)12-22(5-4-10-44)32(34(35)43)26-6-3-7-29(41)33(26)42/h3,6-7,12,14,18,21,23-25,30,36-37,45H,4-5,8-9,11,13,15-17H2,1-2H3. The Balaban J connectivity index is 1.22. The van der Waals surface area contributed by atoms with E-state index in [0.717, 1.165) is 83.8 Å². The molecule has 4 saturated heterocycles. The highest BCUT2D eigenvalue weighted by molar-refractivity contribution is 7.13. The van der Waals surface area contributed by atoms with Crippen LogP contribution in [0, 0.1) is 48.7 Å². The van der Waals surface area contributed by atoms with Crippen LogP contribution in [0.15, 0.2) is 35.7 Å². The Bertz CT molecular complexity index is 2350. The van der Waals surface area contributed by atoms with Crippen LogP contribution in [0.2, 0.25) is 10.0 Å². The van der Waals surface area contributed by atoms with Crippen LogP contribution in [-0.2, 0) is 11.2 Å². The molecular formula is C40H38Cl2FN7OS. The minimum atomic E-state index is -0.458. The fourth-order valence-electron chi connectivity index (χ4n) is 9.95. The third-order valence-electron chi connectivity index (χ3n) is 12.4. The molecule has 2 aromatic carbocycles. The maximum Gasteiger partial charge on any atom is 0.226 e. The van der Waals surface area contributed by atoms with Crippen LogP contribution in [0.1, 0.15) is 66.8 Å². The lowest BCUT2D eigenvalue weighted by molar-refractivity contribution is -0.135. The summed E-state index contributed by atoms with van der Waals surface area (Å²) in [6.07, 6.45) is 4.53. The van der Waals surface area contributed by atoms with Crippen LogP contribution < -0.4 is 10.2 Å². The lowest BCUT2D eigenvalue weighted by Crippen LogP contribution is -2.45. The van der Waals surface area contributed by atoms with Crippen molar-refractivity contribution in [3.63, 3.8) is 0 Å². The Morgan fingerprint density at radius 2 is 1.96 bits per heavy atom. The number of nitriles is 1. The summed E-state index contributed by atoms with van der Waals surface area (Å²) in [6, 6.07) is 12.3. The number of halogens is 3. The van der Waals surface area contributed by atoms with Gasteiger partial charge in [0.05, 0.1) is 45.5 Å². The van der Waals surface area contributed by atoms with Gasteiger partial charge in [-0.25, -0.2) is 14.4 Å². The highest BCUT2D eigenvalue weighted by Crippen LogP contribution is 2.54. The van der Waals surface area contributed by atoms with Crippen LogP contribution in [-0.4, -0.2) is 57.1 Å². The SMILES string of the molecule is Cc1csc(N2CC3CC(C2)N(C(=O)C2CC2)C3c2cc3c(C)nc4c(F)c(-c5cccc(Cl)c5Cl)c(CCC#N)cc4c3n2C2C3CNC2C3)n1. The van der Waals surface area contributed by atoms with Crippen molar-refractivity contribution in [3.8, 4) is 17.2 Å². The molecule has 266 valence electrons. The molecule has 7 heterocycles. The predicted molar refractivity (Wildman–Crippen MR) is 204 cm³/mol. The van der Waals surface area contributed by atoms with E-state index in [0.29, 0.717) is 40.1 Å². The van der Waals surface area contributed by atoms with Crippen molar-refractivity contribution in [1.82, 2.24) is 24.8 Å². The zero-order chi connectivity index (χ0) is 35.6. The molecule has 52 heavy (non-hydrogen) atoms. The second-order valence-electron chi connectivity index (χ2n) is 15.6. The summed E-state index contributed by atoms with van der Waals surface area (Å²) in [5, 5.41) is 18.8. The number of benzene rings is 2. The summed E-state index contributed by atoms with van der Waals surface area (Å²) in [4.78, 5) is 28.8. The summed E-state index contributed by atoms with van der Waals surface area (Å²) < 4.78 is 19.8.